The van der Waals surface area contributed by atoms with Gasteiger partial charge < -0.3 is 20.1 Å². The fourth-order valence-electron chi connectivity index (χ4n) is 3.91. The van der Waals surface area contributed by atoms with Crippen molar-refractivity contribution in [2.24, 2.45) is 0 Å². The normalized spacial score (nSPS) is 19.7. The Morgan fingerprint density at radius 2 is 1.94 bits per heavy atom. The second kappa shape index (κ2) is 7.61. The number of nitrogens with one attached hydrogen (secondary N) is 2. The number of hydrogen-bond donors (Lipinski definition) is 2. The minimum absolute atomic E-state index is 0.110. The van der Waals surface area contributed by atoms with E-state index in [2.05, 4.69) is 10.6 Å². The molecule has 4 rings (SSSR count). The zero-order valence-electron chi connectivity index (χ0n) is 17.9. The minimum Gasteiger partial charge on any atom is -0.454 e. The van der Waals surface area contributed by atoms with Gasteiger partial charge in [0.25, 0.3) is 5.91 Å². The summed E-state index contributed by atoms with van der Waals surface area (Å²) in [6.07, 6.45) is 0. The molecule has 2 aliphatic rings. The highest BCUT2D eigenvalue weighted by atomic mass is 16.7. The Balaban J connectivity index is 1.53. The van der Waals surface area contributed by atoms with Crippen LogP contribution >= 0.6 is 0 Å². The fraction of sp³-hybridized carbons (Fsp3) is 0.348. The van der Waals surface area contributed by atoms with Gasteiger partial charge in [0.15, 0.2) is 11.5 Å². The number of nitrogens with zero attached hydrogens (tertiary/aromatic N) is 1. The summed E-state index contributed by atoms with van der Waals surface area (Å²) in [4.78, 5) is 39.5. The number of fused-ring (bicyclic) bond motifs is 1. The van der Waals surface area contributed by atoms with Gasteiger partial charge in [0, 0.05) is 5.69 Å². The fourth-order valence-corrected chi connectivity index (χ4v) is 3.91. The van der Waals surface area contributed by atoms with Gasteiger partial charge in [0.05, 0.1) is 0 Å². The van der Waals surface area contributed by atoms with Crippen molar-refractivity contribution in [3.63, 3.8) is 0 Å². The molecule has 2 N–H and O–H groups in total. The first-order valence-corrected chi connectivity index (χ1v) is 10.1. The Morgan fingerprint density at radius 3 is 2.68 bits per heavy atom. The molecule has 1 atom stereocenters. The second-order valence-corrected chi connectivity index (χ2v) is 8.26. The Morgan fingerprint density at radius 1 is 1.19 bits per heavy atom. The van der Waals surface area contributed by atoms with Crippen LogP contribution < -0.4 is 20.1 Å². The third-order valence-electron chi connectivity index (χ3n) is 5.72. The summed E-state index contributed by atoms with van der Waals surface area (Å²) in [5, 5.41) is 5.59. The minimum atomic E-state index is -1.30. The summed E-state index contributed by atoms with van der Waals surface area (Å²) in [7, 11) is 0. The molecule has 8 nitrogen and oxygen atoms in total. The number of aryl methyl sites for hydroxylation is 1. The Bertz CT molecular complexity index is 1080. The molecule has 0 saturated carbocycles. The van der Waals surface area contributed by atoms with Crippen LogP contribution in [0.1, 0.15) is 43.4 Å². The van der Waals surface area contributed by atoms with E-state index in [0.717, 1.165) is 16.0 Å². The quantitative estimate of drug-likeness (QED) is 0.720. The molecule has 31 heavy (non-hydrogen) atoms. The summed E-state index contributed by atoms with van der Waals surface area (Å²) in [6.45, 7) is 7.33. The average Bonchev–Trinajstić information content (AvgIpc) is 3.27. The number of benzene rings is 2. The maximum atomic E-state index is 13.2. The van der Waals surface area contributed by atoms with Crippen LogP contribution in [0.15, 0.2) is 36.4 Å². The predicted octanol–water partition coefficient (Wildman–Crippen LogP) is 3.25. The number of carbonyl (C=O) groups excluding carboxylic acids is 3. The highest BCUT2D eigenvalue weighted by Gasteiger charge is 2.50. The monoisotopic (exact) mass is 423 g/mol. The number of anilines is 1. The van der Waals surface area contributed by atoms with E-state index in [1.807, 2.05) is 39.0 Å². The zero-order chi connectivity index (χ0) is 22.3. The molecule has 8 heteroatoms. The van der Waals surface area contributed by atoms with Crippen LogP contribution in [0.2, 0.25) is 0 Å². The lowest BCUT2D eigenvalue weighted by molar-refractivity contribution is -0.133. The lowest BCUT2D eigenvalue weighted by Gasteiger charge is -2.22. The van der Waals surface area contributed by atoms with E-state index in [0.29, 0.717) is 22.7 Å². The van der Waals surface area contributed by atoms with Gasteiger partial charge in [0.1, 0.15) is 12.1 Å². The number of carbonyl (C=O) groups is 3. The van der Waals surface area contributed by atoms with Gasteiger partial charge in [0.2, 0.25) is 12.7 Å². The number of amides is 4. The van der Waals surface area contributed by atoms with E-state index in [1.165, 1.54) is 0 Å². The van der Waals surface area contributed by atoms with Crippen molar-refractivity contribution in [1.82, 2.24) is 10.2 Å². The summed E-state index contributed by atoms with van der Waals surface area (Å²) >= 11 is 0. The number of hydrogen-bond acceptors (Lipinski definition) is 5. The van der Waals surface area contributed by atoms with Gasteiger partial charge in [-0.25, -0.2) is 4.79 Å². The van der Waals surface area contributed by atoms with Gasteiger partial charge in [-0.3, -0.25) is 14.5 Å². The van der Waals surface area contributed by atoms with Crippen LogP contribution in [0.4, 0.5) is 10.5 Å². The molecule has 2 heterocycles. The van der Waals surface area contributed by atoms with Gasteiger partial charge in [-0.15, -0.1) is 0 Å². The van der Waals surface area contributed by atoms with E-state index in [4.69, 9.17) is 9.47 Å². The maximum Gasteiger partial charge on any atom is 0.325 e. The van der Waals surface area contributed by atoms with Crippen molar-refractivity contribution in [2.75, 3.05) is 18.7 Å². The van der Waals surface area contributed by atoms with Crippen LogP contribution in [0.25, 0.3) is 0 Å². The van der Waals surface area contributed by atoms with E-state index in [9.17, 15) is 14.4 Å². The molecule has 0 spiro atoms. The van der Waals surface area contributed by atoms with Crippen molar-refractivity contribution in [2.45, 2.75) is 39.2 Å². The van der Waals surface area contributed by atoms with Gasteiger partial charge >= 0.3 is 6.03 Å². The largest absolute Gasteiger partial charge is 0.454 e. The highest BCUT2D eigenvalue weighted by molar-refractivity contribution is 6.10. The number of imide groups is 1. The molecule has 1 fully saturated rings. The summed E-state index contributed by atoms with van der Waals surface area (Å²) < 4.78 is 10.7. The standard InChI is InChI=1S/C23H25N3O5/c1-13(2)16-7-5-6-14(3)20(16)24-19(27)11-26-21(28)23(4,25-22(26)29)15-8-9-17-18(10-15)31-12-30-17/h5-10,13H,11-12H2,1-4H3,(H,24,27)(H,25,29)/t23-/m1/s1. The van der Waals surface area contributed by atoms with Crippen molar-refractivity contribution in [3.05, 3.63) is 53.1 Å². The molecule has 0 bridgehead atoms. The van der Waals surface area contributed by atoms with Gasteiger partial charge in [-0.05, 0) is 48.6 Å². The molecule has 1 saturated heterocycles. The molecule has 4 amide bonds. The van der Waals surface area contributed by atoms with E-state index in [-0.39, 0.29) is 19.3 Å². The van der Waals surface area contributed by atoms with Crippen molar-refractivity contribution >= 4 is 23.5 Å². The first kappa shape index (κ1) is 20.7. The number of rotatable bonds is 5. The number of ether oxygens (including phenoxy) is 2. The third kappa shape index (κ3) is 3.58. The Labute approximate surface area is 180 Å². The van der Waals surface area contributed by atoms with Gasteiger partial charge in [-0.1, -0.05) is 38.1 Å². The third-order valence-corrected chi connectivity index (χ3v) is 5.72. The molecule has 2 aromatic carbocycles. The number of urea groups is 1. The second-order valence-electron chi connectivity index (χ2n) is 8.26. The van der Waals surface area contributed by atoms with Crippen LogP contribution in [0.5, 0.6) is 11.5 Å². The van der Waals surface area contributed by atoms with Crippen LogP contribution in [0, 0.1) is 6.92 Å². The maximum absolute atomic E-state index is 13.2. The molecule has 162 valence electrons. The molecule has 2 aliphatic heterocycles. The average molecular weight is 423 g/mol. The van der Waals surface area contributed by atoms with Crippen LogP contribution in [-0.2, 0) is 15.1 Å². The van der Waals surface area contributed by atoms with E-state index in [1.54, 1.807) is 25.1 Å². The molecule has 2 aromatic rings. The SMILES string of the molecule is Cc1cccc(C(C)C)c1NC(=O)CN1C(=O)N[C@](C)(c2ccc3c(c2)OCO3)C1=O. The van der Waals surface area contributed by atoms with E-state index >= 15 is 0 Å². The number of para-hydroxylation sites is 1. The smallest absolute Gasteiger partial charge is 0.325 e. The molecular weight excluding hydrogens is 398 g/mol. The molecule has 0 radical (unpaired) electrons. The Hall–Kier alpha value is -3.55. The predicted molar refractivity (Wildman–Crippen MR) is 114 cm³/mol. The van der Waals surface area contributed by atoms with Gasteiger partial charge in [-0.2, -0.15) is 0 Å². The van der Waals surface area contributed by atoms with Crippen LogP contribution in [-0.4, -0.2) is 36.1 Å². The topological polar surface area (TPSA) is 97.0 Å². The van der Waals surface area contributed by atoms with Crippen molar-refractivity contribution in [3.8, 4) is 11.5 Å². The molecule has 0 aromatic heterocycles. The highest BCUT2D eigenvalue weighted by Crippen LogP contribution is 2.38. The summed E-state index contributed by atoms with van der Waals surface area (Å²) in [6, 6.07) is 10.3. The molecular formula is C23H25N3O5. The lowest BCUT2D eigenvalue weighted by Crippen LogP contribution is -2.42. The zero-order valence-corrected chi connectivity index (χ0v) is 17.9. The first-order valence-electron chi connectivity index (χ1n) is 10.1. The summed E-state index contributed by atoms with van der Waals surface area (Å²) in [5.41, 5.74) is 1.88. The van der Waals surface area contributed by atoms with E-state index < -0.39 is 23.4 Å². The Kier molecular flexibility index (Phi) is 5.08. The van der Waals surface area contributed by atoms with Crippen molar-refractivity contribution < 1.29 is 23.9 Å². The molecule has 0 unspecified atom stereocenters. The summed E-state index contributed by atoms with van der Waals surface area (Å²) in [5.74, 6) is 0.369. The molecule has 0 aliphatic carbocycles. The van der Waals surface area contributed by atoms with Crippen molar-refractivity contribution in [1.29, 1.82) is 0 Å². The first-order chi connectivity index (χ1) is 14.7. The van der Waals surface area contributed by atoms with Crippen LogP contribution in [0.3, 0.4) is 0 Å². The lowest BCUT2D eigenvalue weighted by atomic mass is 9.91.